The third-order valence-corrected chi connectivity index (χ3v) is 5.60. The predicted octanol–water partition coefficient (Wildman–Crippen LogP) is 2.76. The van der Waals surface area contributed by atoms with Gasteiger partial charge in [-0.25, -0.2) is 12.9 Å². The van der Waals surface area contributed by atoms with Gasteiger partial charge in [0.2, 0.25) is 0 Å². The number of rotatable bonds is 5. The number of benzene rings is 1. The summed E-state index contributed by atoms with van der Waals surface area (Å²) in [6, 6.07) is 7.21. The lowest BCUT2D eigenvalue weighted by atomic mass is 10.3. The number of hydrogen-bond donors (Lipinski definition) is 1. The first kappa shape index (κ1) is 15.0. The van der Waals surface area contributed by atoms with Gasteiger partial charge >= 0.3 is 0 Å². The van der Waals surface area contributed by atoms with Crippen LogP contribution in [0.2, 0.25) is 0 Å². The van der Waals surface area contributed by atoms with E-state index in [4.69, 9.17) is 5.73 Å². The third-order valence-electron chi connectivity index (χ3n) is 2.97. The molecule has 1 rings (SSSR count). The lowest BCUT2D eigenvalue weighted by Crippen LogP contribution is -2.27. The van der Waals surface area contributed by atoms with Crippen LogP contribution in [0.3, 0.4) is 0 Å². The van der Waals surface area contributed by atoms with Gasteiger partial charge in [0.1, 0.15) is 9.92 Å². The molecule has 0 spiro atoms. The van der Waals surface area contributed by atoms with Crippen LogP contribution in [0, 0.1) is 0 Å². The molecule has 0 fully saturated rings. The summed E-state index contributed by atoms with van der Waals surface area (Å²) in [4.78, 5) is 0.723. The van der Waals surface area contributed by atoms with Gasteiger partial charge in [-0.05, 0) is 37.6 Å². The second-order valence-electron chi connectivity index (χ2n) is 4.37. The number of nitrogen functional groups attached to an aromatic ring is 1. The summed E-state index contributed by atoms with van der Waals surface area (Å²) in [7, 11) is -0.684. The highest BCUT2D eigenvalue weighted by atomic mass is 32.2. The molecule has 0 aromatic heterocycles. The van der Waals surface area contributed by atoms with Gasteiger partial charge in [0, 0.05) is 19.3 Å². The van der Waals surface area contributed by atoms with E-state index in [1.807, 2.05) is 27.8 Å². The summed E-state index contributed by atoms with van der Waals surface area (Å²) >= 11 is 0. The molecule has 4 nitrogen and oxygen atoms in total. The minimum atomic E-state index is -2.52. The normalized spacial score (nSPS) is 16.3. The molecule has 0 saturated carbocycles. The van der Waals surface area contributed by atoms with Gasteiger partial charge in [-0.3, -0.25) is 0 Å². The average molecular weight is 269 g/mol. The number of anilines is 1. The van der Waals surface area contributed by atoms with E-state index in [-0.39, 0.29) is 6.04 Å². The smallest absolute Gasteiger partial charge is 0.139 e. The van der Waals surface area contributed by atoms with Crippen LogP contribution in [0.5, 0.6) is 0 Å². The van der Waals surface area contributed by atoms with Crippen molar-refractivity contribution in [3.63, 3.8) is 0 Å². The van der Waals surface area contributed by atoms with Gasteiger partial charge < -0.3 is 5.73 Å². The predicted molar refractivity (Wildman–Crippen MR) is 77.7 cm³/mol. The molecule has 5 heteroatoms. The van der Waals surface area contributed by atoms with Gasteiger partial charge in [-0.1, -0.05) is 13.8 Å². The van der Waals surface area contributed by atoms with Crippen molar-refractivity contribution in [1.29, 1.82) is 0 Å². The lowest BCUT2D eigenvalue weighted by Gasteiger charge is -2.22. The Morgan fingerprint density at radius 1 is 1.33 bits per heavy atom. The van der Waals surface area contributed by atoms with E-state index in [9.17, 15) is 4.21 Å². The van der Waals surface area contributed by atoms with E-state index in [0.29, 0.717) is 12.2 Å². The molecule has 0 aliphatic carbocycles. The summed E-state index contributed by atoms with van der Waals surface area (Å²) in [6.45, 7) is 6.69. The first-order chi connectivity index (χ1) is 8.43. The van der Waals surface area contributed by atoms with Crippen molar-refractivity contribution in [2.75, 3.05) is 19.3 Å². The highest BCUT2D eigenvalue weighted by Gasteiger charge is 2.18. The summed E-state index contributed by atoms with van der Waals surface area (Å²) < 4.78 is 19.4. The first-order valence-corrected chi connectivity index (χ1v) is 7.74. The van der Waals surface area contributed by atoms with Gasteiger partial charge in [0.05, 0.1) is 10.9 Å². The van der Waals surface area contributed by atoms with Gasteiger partial charge in [0.15, 0.2) is 0 Å². The van der Waals surface area contributed by atoms with E-state index in [0.717, 1.165) is 11.3 Å². The van der Waals surface area contributed by atoms with Crippen molar-refractivity contribution < 1.29 is 4.21 Å². The minimum absolute atomic E-state index is 0.0732. The Kier molecular flexibility index (Phi) is 5.16. The van der Waals surface area contributed by atoms with Crippen LogP contribution in [0.4, 0.5) is 5.69 Å². The maximum absolute atomic E-state index is 13.1. The van der Waals surface area contributed by atoms with Gasteiger partial charge in [0.25, 0.3) is 0 Å². The van der Waals surface area contributed by atoms with Crippen molar-refractivity contribution in [2.24, 2.45) is 4.36 Å². The highest BCUT2D eigenvalue weighted by Crippen LogP contribution is 2.20. The van der Waals surface area contributed by atoms with Crippen LogP contribution < -0.4 is 5.73 Å². The average Bonchev–Trinajstić information content (AvgIpc) is 2.38. The number of nitrogens with zero attached hydrogens (tertiary/aromatic N) is 2. The maximum Gasteiger partial charge on any atom is 0.139 e. The summed E-state index contributed by atoms with van der Waals surface area (Å²) in [5.41, 5.74) is 6.34. The van der Waals surface area contributed by atoms with Crippen molar-refractivity contribution in [2.45, 2.75) is 38.1 Å². The molecule has 0 saturated heterocycles. The van der Waals surface area contributed by atoms with E-state index < -0.39 is 9.92 Å². The van der Waals surface area contributed by atoms with Crippen LogP contribution in [0.1, 0.15) is 27.2 Å². The monoisotopic (exact) mass is 269 g/mol. The SMILES string of the molecule is CCC(C)N=S(=O)(c1ccc(N)cc1)N(C)CC. The van der Waals surface area contributed by atoms with E-state index >= 15 is 0 Å². The number of nitrogens with two attached hydrogens (primary N) is 1. The largest absolute Gasteiger partial charge is 0.399 e. The molecule has 1 aromatic rings. The Hall–Kier alpha value is -1.07. The van der Waals surface area contributed by atoms with E-state index in [1.54, 1.807) is 28.6 Å². The first-order valence-electron chi connectivity index (χ1n) is 6.27. The molecule has 2 atom stereocenters. The fourth-order valence-electron chi connectivity index (χ4n) is 1.46. The molecular formula is C13H23N3OS. The highest BCUT2D eigenvalue weighted by molar-refractivity contribution is 7.91. The Bertz CT molecular complexity index is 489. The number of hydrogen-bond acceptors (Lipinski definition) is 3. The van der Waals surface area contributed by atoms with E-state index in [2.05, 4.69) is 4.36 Å². The second kappa shape index (κ2) is 6.20. The lowest BCUT2D eigenvalue weighted by molar-refractivity contribution is 0.532. The second-order valence-corrected chi connectivity index (χ2v) is 6.67. The molecular weight excluding hydrogens is 246 g/mol. The summed E-state index contributed by atoms with van der Waals surface area (Å²) in [5, 5.41) is 0. The molecule has 1 aromatic carbocycles. The zero-order valence-corrected chi connectivity index (χ0v) is 12.4. The molecule has 0 amide bonds. The van der Waals surface area contributed by atoms with Crippen LogP contribution in [0.15, 0.2) is 33.5 Å². The molecule has 0 aliphatic heterocycles. The summed E-state index contributed by atoms with van der Waals surface area (Å²) in [6.07, 6.45) is 0.878. The van der Waals surface area contributed by atoms with Crippen molar-refractivity contribution in [3.05, 3.63) is 24.3 Å². The standard InChI is InChI=1S/C13H23N3OS/c1-5-11(3)15-18(17,16(4)6-2)13-9-7-12(14)8-10-13/h7-11H,5-6,14H2,1-4H3. The Morgan fingerprint density at radius 2 is 1.89 bits per heavy atom. The molecule has 2 unspecified atom stereocenters. The van der Waals surface area contributed by atoms with Crippen molar-refractivity contribution in [1.82, 2.24) is 4.31 Å². The topological polar surface area (TPSA) is 58.7 Å². The van der Waals surface area contributed by atoms with Crippen LogP contribution in [-0.4, -0.2) is 28.1 Å². The third kappa shape index (κ3) is 3.23. The minimum Gasteiger partial charge on any atom is -0.399 e. The van der Waals surface area contributed by atoms with Gasteiger partial charge in [-0.2, -0.15) is 0 Å². The molecule has 102 valence electrons. The zero-order chi connectivity index (χ0) is 13.8. The van der Waals surface area contributed by atoms with Crippen LogP contribution in [0.25, 0.3) is 0 Å². The Morgan fingerprint density at radius 3 is 2.33 bits per heavy atom. The van der Waals surface area contributed by atoms with Crippen LogP contribution in [-0.2, 0) is 9.92 Å². The summed E-state index contributed by atoms with van der Waals surface area (Å²) in [5.74, 6) is 0. The molecule has 0 heterocycles. The van der Waals surface area contributed by atoms with E-state index in [1.165, 1.54) is 0 Å². The molecule has 18 heavy (non-hydrogen) atoms. The molecule has 0 radical (unpaired) electrons. The quantitative estimate of drug-likeness (QED) is 0.836. The Labute approximate surface area is 110 Å². The Balaban J connectivity index is 3.34. The van der Waals surface area contributed by atoms with Gasteiger partial charge in [-0.15, -0.1) is 0 Å². The maximum atomic E-state index is 13.1. The molecule has 2 N–H and O–H groups in total. The zero-order valence-electron chi connectivity index (χ0n) is 11.6. The van der Waals surface area contributed by atoms with Crippen molar-refractivity contribution in [3.8, 4) is 0 Å². The van der Waals surface area contributed by atoms with Crippen LogP contribution >= 0.6 is 0 Å². The van der Waals surface area contributed by atoms with Crippen molar-refractivity contribution >= 4 is 15.6 Å². The fourth-order valence-corrected chi connectivity index (χ4v) is 3.58. The molecule has 0 bridgehead atoms. The fraction of sp³-hybridized carbons (Fsp3) is 0.538. The molecule has 0 aliphatic rings.